The van der Waals surface area contributed by atoms with E-state index in [0.29, 0.717) is 18.1 Å². The van der Waals surface area contributed by atoms with Crippen molar-refractivity contribution in [3.05, 3.63) is 23.7 Å². The third kappa shape index (κ3) is 5.14. The van der Waals surface area contributed by atoms with Crippen molar-refractivity contribution in [1.29, 1.82) is 0 Å². The number of carbonyl (C=O) groups is 1. The molecule has 1 atom stereocenters. The molecule has 5 nitrogen and oxygen atoms in total. The first-order valence-electron chi connectivity index (χ1n) is 5.31. The molecular formula is C11H17NO4S. The molecule has 0 fully saturated rings. The lowest BCUT2D eigenvalue weighted by Gasteiger charge is -2.01. The summed E-state index contributed by atoms with van der Waals surface area (Å²) in [4.78, 5) is 11.1. The van der Waals surface area contributed by atoms with Crippen LogP contribution in [0.5, 0.6) is 0 Å². The van der Waals surface area contributed by atoms with Gasteiger partial charge in [-0.25, -0.2) is 4.79 Å². The predicted octanol–water partition coefficient (Wildman–Crippen LogP) is 0.924. The predicted molar refractivity (Wildman–Crippen MR) is 65.3 cm³/mol. The van der Waals surface area contributed by atoms with Crippen molar-refractivity contribution in [1.82, 2.24) is 5.32 Å². The van der Waals surface area contributed by atoms with Gasteiger partial charge >= 0.3 is 5.97 Å². The zero-order chi connectivity index (χ0) is 12.7. The third-order valence-electron chi connectivity index (χ3n) is 2.13. The van der Waals surface area contributed by atoms with E-state index < -0.39 is 16.8 Å². The smallest absolute Gasteiger partial charge is 0.373 e. The van der Waals surface area contributed by atoms with Gasteiger partial charge < -0.3 is 14.5 Å². The number of nitrogens with one attached hydrogen (secondary N) is 1. The van der Waals surface area contributed by atoms with Gasteiger partial charge in [-0.3, -0.25) is 4.21 Å². The monoisotopic (exact) mass is 259 g/mol. The Morgan fingerprint density at radius 2 is 2.29 bits per heavy atom. The Kier molecular flexibility index (Phi) is 5.93. The van der Waals surface area contributed by atoms with Crippen molar-refractivity contribution in [3.8, 4) is 0 Å². The van der Waals surface area contributed by atoms with Crippen LogP contribution in [0.1, 0.15) is 22.7 Å². The van der Waals surface area contributed by atoms with E-state index in [-0.39, 0.29) is 5.76 Å². The van der Waals surface area contributed by atoms with Crippen LogP contribution in [0.15, 0.2) is 16.5 Å². The molecule has 17 heavy (non-hydrogen) atoms. The van der Waals surface area contributed by atoms with Gasteiger partial charge in [0.1, 0.15) is 5.76 Å². The number of hydrogen-bond acceptors (Lipinski definition) is 5. The minimum atomic E-state index is -0.741. The number of furan rings is 1. The van der Waals surface area contributed by atoms with Gasteiger partial charge in [-0.05, 0) is 25.1 Å². The largest absolute Gasteiger partial charge is 0.463 e. The molecule has 0 radical (unpaired) electrons. The number of esters is 1. The second kappa shape index (κ2) is 7.24. The quantitative estimate of drug-likeness (QED) is 0.582. The summed E-state index contributed by atoms with van der Waals surface area (Å²) in [6, 6.07) is 3.32. The minimum absolute atomic E-state index is 0.207. The van der Waals surface area contributed by atoms with Gasteiger partial charge in [0.2, 0.25) is 5.76 Å². The molecule has 1 N–H and O–H groups in total. The molecule has 0 aliphatic carbocycles. The van der Waals surface area contributed by atoms with E-state index in [2.05, 4.69) is 10.1 Å². The highest BCUT2D eigenvalue weighted by Crippen LogP contribution is 2.08. The van der Waals surface area contributed by atoms with E-state index in [1.165, 1.54) is 7.11 Å². The molecule has 1 rings (SSSR count). The zero-order valence-electron chi connectivity index (χ0n) is 10.0. The van der Waals surface area contributed by atoms with Gasteiger partial charge in [-0.2, -0.15) is 0 Å². The molecule has 1 heterocycles. The summed E-state index contributed by atoms with van der Waals surface area (Å²) in [5.74, 6) is 1.11. The first-order valence-corrected chi connectivity index (χ1v) is 7.04. The number of carbonyl (C=O) groups excluding carboxylic acids is 1. The van der Waals surface area contributed by atoms with Gasteiger partial charge in [0.05, 0.1) is 13.7 Å². The highest BCUT2D eigenvalue weighted by Gasteiger charge is 2.10. The van der Waals surface area contributed by atoms with Gasteiger partial charge in [0, 0.05) is 22.8 Å². The summed E-state index contributed by atoms with van der Waals surface area (Å²) in [6.45, 7) is 1.32. The molecule has 1 aromatic heterocycles. The summed E-state index contributed by atoms with van der Waals surface area (Å²) in [5, 5.41) is 3.15. The average Bonchev–Trinajstić information content (AvgIpc) is 2.76. The Balaban J connectivity index is 2.25. The van der Waals surface area contributed by atoms with E-state index in [1.807, 2.05) is 0 Å². The van der Waals surface area contributed by atoms with Crippen molar-refractivity contribution >= 4 is 16.8 Å². The Hall–Kier alpha value is -1.14. The molecule has 6 heteroatoms. The van der Waals surface area contributed by atoms with E-state index >= 15 is 0 Å². The molecule has 0 spiro atoms. The highest BCUT2D eigenvalue weighted by atomic mass is 32.2. The fourth-order valence-electron chi connectivity index (χ4n) is 1.30. The van der Waals surface area contributed by atoms with Crippen LogP contribution in [0, 0.1) is 0 Å². The fourth-order valence-corrected chi connectivity index (χ4v) is 1.85. The van der Waals surface area contributed by atoms with Crippen LogP contribution in [0.4, 0.5) is 0 Å². The molecule has 0 saturated heterocycles. The van der Waals surface area contributed by atoms with Crippen LogP contribution in [-0.2, 0) is 22.1 Å². The van der Waals surface area contributed by atoms with Crippen molar-refractivity contribution < 1.29 is 18.2 Å². The Bertz CT molecular complexity index is 389. The van der Waals surface area contributed by atoms with Gasteiger partial charge in [0.15, 0.2) is 0 Å². The molecule has 0 bridgehead atoms. The number of hydrogen-bond donors (Lipinski definition) is 1. The molecule has 1 aromatic rings. The lowest BCUT2D eigenvalue weighted by atomic mass is 10.4. The van der Waals surface area contributed by atoms with E-state index in [0.717, 1.165) is 13.0 Å². The maximum atomic E-state index is 11.1. The first-order chi connectivity index (χ1) is 8.13. The molecule has 1 unspecified atom stereocenters. The van der Waals surface area contributed by atoms with E-state index in [4.69, 9.17) is 4.42 Å². The summed E-state index contributed by atoms with van der Waals surface area (Å²) in [5.41, 5.74) is 0. The van der Waals surface area contributed by atoms with Crippen molar-refractivity contribution in [2.45, 2.75) is 13.0 Å². The number of methoxy groups -OCH3 is 1. The number of rotatable bonds is 7. The summed E-state index contributed by atoms with van der Waals surface area (Å²) in [6.07, 6.45) is 2.54. The molecule has 0 aliphatic rings. The highest BCUT2D eigenvalue weighted by molar-refractivity contribution is 7.84. The van der Waals surface area contributed by atoms with Crippen molar-refractivity contribution in [3.63, 3.8) is 0 Å². The molecular weight excluding hydrogens is 242 g/mol. The van der Waals surface area contributed by atoms with Crippen molar-refractivity contribution in [2.24, 2.45) is 0 Å². The third-order valence-corrected chi connectivity index (χ3v) is 3.00. The Morgan fingerprint density at radius 3 is 2.94 bits per heavy atom. The second-order valence-corrected chi connectivity index (χ2v) is 5.12. The zero-order valence-corrected chi connectivity index (χ0v) is 10.8. The number of ether oxygens (including phenoxy) is 1. The molecule has 0 aromatic carbocycles. The normalized spacial score (nSPS) is 12.4. The lowest BCUT2D eigenvalue weighted by Crippen LogP contribution is -2.16. The van der Waals surface area contributed by atoms with Crippen LogP contribution >= 0.6 is 0 Å². The topological polar surface area (TPSA) is 68.5 Å². The first kappa shape index (κ1) is 13.9. The second-order valence-electron chi connectivity index (χ2n) is 3.57. The SMILES string of the molecule is COC(=O)c1ccc(CNCCCS(C)=O)o1. The van der Waals surface area contributed by atoms with Crippen LogP contribution in [-0.4, -0.2) is 35.8 Å². The maximum Gasteiger partial charge on any atom is 0.373 e. The van der Waals surface area contributed by atoms with Crippen molar-refractivity contribution in [2.75, 3.05) is 25.7 Å². The summed E-state index contributed by atoms with van der Waals surface area (Å²) in [7, 11) is 0.572. The van der Waals surface area contributed by atoms with Crippen LogP contribution in [0.2, 0.25) is 0 Å². The molecule has 0 aliphatic heterocycles. The lowest BCUT2D eigenvalue weighted by molar-refractivity contribution is 0.0563. The average molecular weight is 259 g/mol. The molecule has 0 amide bonds. The van der Waals surface area contributed by atoms with Gasteiger partial charge in [-0.15, -0.1) is 0 Å². The van der Waals surface area contributed by atoms with E-state index in [1.54, 1.807) is 18.4 Å². The Labute approximate surface area is 103 Å². The Morgan fingerprint density at radius 1 is 1.53 bits per heavy atom. The van der Waals surface area contributed by atoms with Gasteiger partial charge in [-0.1, -0.05) is 0 Å². The standard InChI is InChI=1S/C11H17NO4S/c1-15-11(13)10-5-4-9(16-10)8-12-6-3-7-17(2)14/h4-5,12H,3,6-8H2,1-2H3. The fraction of sp³-hybridized carbons (Fsp3) is 0.545. The van der Waals surface area contributed by atoms with E-state index in [9.17, 15) is 9.00 Å². The van der Waals surface area contributed by atoms with Crippen LogP contribution < -0.4 is 5.32 Å². The molecule has 96 valence electrons. The van der Waals surface area contributed by atoms with Crippen LogP contribution in [0.3, 0.4) is 0 Å². The van der Waals surface area contributed by atoms with Gasteiger partial charge in [0.25, 0.3) is 0 Å². The molecule has 0 saturated carbocycles. The summed E-state index contributed by atoms with van der Waals surface area (Å²) < 4.78 is 20.6. The minimum Gasteiger partial charge on any atom is -0.463 e. The summed E-state index contributed by atoms with van der Waals surface area (Å²) >= 11 is 0. The van der Waals surface area contributed by atoms with Crippen LogP contribution in [0.25, 0.3) is 0 Å². The maximum absolute atomic E-state index is 11.1.